The zero-order chi connectivity index (χ0) is 18.9. The van der Waals surface area contributed by atoms with Crippen molar-refractivity contribution in [2.75, 3.05) is 24.5 Å². The van der Waals surface area contributed by atoms with E-state index in [1.54, 1.807) is 12.4 Å². The van der Waals surface area contributed by atoms with Crippen LogP contribution in [0.4, 0.5) is 5.82 Å². The SMILES string of the molecule is Cc1ccc(N2CCCC3(CCC(=O)N(Cc4cnc(C)cn4)C3)C2)nc1. The molecule has 0 aromatic carbocycles. The van der Waals surface area contributed by atoms with Crippen LogP contribution in [-0.2, 0) is 11.3 Å². The highest BCUT2D eigenvalue weighted by atomic mass is 16.2. The van der Waals surface area contributed by atoms with Gasteiger partial charge in [0.15, 0.2) is 0 Å². The first kappa shape index (κ1) is 17.9. The number of nitrogens with zero attached hydrogens (tertiary/aromatic N) is 5. The molecule has 0 radical (unpaired) electrons. The number of aryl methyl sites for hydroxylation is 2. The number of amides is 1. The lowest BCUT2D eigenvalue weighted by Gasteiger charge is -2.48. The molecule has 27 heavy (non-hydrogen) atoms. The summed E-state index contributed by atoms with van der Waals surface area (Å²) in [5.74, 6) is 1.28. The Morgan fingerprint density at radius 1 is 1.04 bits per heavy atom. The number of piperidine rings is 2. The van der Waals surface area contributed by atoms with Gasteiger partial charge in [0.05, 0.1) is 24.1 Å². The van der Waals surface area contributed by atoms with Gasteiger partial charge in [0.25, 0.3) is 0 Å². The molecule has 6 heteroatoms. The molecule has 6 nitrogen and oxygen atoms in total. The predicted molar refractivity (Wildman–Crippen MR) is 104 cm³/mol. The molecule has 4 heterocycles. The van der Waals surface area contributed by atoms with Crippen LogP contribution in [0, 0.1) is 19.3 Å². The molecular formula is C21H27N5O. The summed E-state index contributed by atoms with van der Waals surface area (Å²) in [6.45, 7) is 7.34. The lowest BCUT2D eigenvalue weighted by atomic mass is 9.73. The fraction of sp³-hybridized carbons (Fsp3) is 0.524. The summed E-state index contributed by atoms with van der Waals surface area (Å²) in [5, 5.41) is 0. The van der Waals surface area contributed by atoms with E-state index >= 15 is 0 Å². The lowest BCUT2D eigenvalue weighted by molar-refractivity contribution is -0.138. The summed E-state index contributed by atoms with van der Waals surface area (Å²) >= 11 is 0. The largest absolute Gasteiger partial charge is 0.356 e. The maximum Gasteiger partial charge on any atom is 0.222 e. The Labute approximate surface area is 160 Å². The van der Waals surface area contributed by atoms with E-state index in [1.807, 2.05) is 18.0 Å². The maximum atomic E-state index is 12.5. The summed E-state index contributed by atoms with van der Waals surface area (Å²) in [6.07, 6.45) is 9.38. The minimum absolute atomic E-state index is 0.150. The smallest absolute Gasteiger partial charge is 0.222 e. The first-order chi connectivity index (χ1) is 13.0. The standard InChI is InChI=1S/C21H27N5O/c1-16-4-5-19(24-10-16)25-9-3-7-21(14-25)8-6-20(27)26(15-21)13-18-12-22-17(2)11-23-18/h4-5,10-12H,3,6-9,13-15H2,1-2H3. The van der Waals surface area contributed by atoms with Crippen molar-refractivity contribution in [3.63, 3.8) is 0 Å². The van der Waals surface area contributed by atoms with E-state index in [1.165, 1.54) is 12.0 Å². The van der Waals surface area contributed by atoms with Gasteiger partial charge >= 0.3 is 0 Å². The molecule has 0 aliphatic carbocycles. The second-order valence-electron chi connectivity index (χ2n) is 8.12. The first-order valence-corrected chi connectivity index (χ1v) is 9.76. The molecule has 0 bridgehead atoms. The molecule has 2 fully saturated rings. The highest BCUT2D eigenvalue weighted by Crippen LogP contribution is 2.40. The van der Waals surface area contributed by atoms with Crippen LogP contribution in [0.15, 0.2) is 30.7 Å². The zero-order valence-corrected chi connectivity index (χ0v) is 16.2. The fourth-order valence-corrected chi connectivity index (χ4v) is 4.33. The van der Waals surface area contributed by atoms with Crippen molar-refractivity contribution >= 4 is 11.7 Å². The quantitative estimate of drug-likeness (QED) is 0.837. The summed E-state index contributed by atoms with van der Waals surface area (Å²) in [6, 6.07) is 4.23. The molecule has 1 unspecified atom stereocenters. The molecule has 0 N–H and O–H groups in total. The topological polar surface area (TPSA) is 62.2 Å². The maximum absolute atomic E-state index is 12.5. The Morgan fingerprint density at radius 3 is 2.67 bits per heavy atom. The van der Waals surface area contributed by atoms with Gasteiger partial charge in [-0.05, 0) is 44.7 Å². The van der Waals surface area contributed by atoms with Crippen molar-refractivity contribution in [2.45, 2.75) is 46.1 Å². The van der Waals surface area contributed by atoms with Crippen molar-refractivity contribution in [3.05, 3.63) is 47.7 Å². The first-order valence-electron chi connectivity index (χ1n) is 9.76. The van der Waals surface area contributed by atoms with Gasteiger partial charge in [0, 0.05) is 43.9 Å². The molecule has 2 aromatic rings. The van der Waals surface area contributed by atoms with Gasteiger partial charge in [-0.25, -0.2) is 4.98 Å². The Balaban J connectivity index is 1.49. The number of rotatable bonds is 3. The van der Waals surface area contributed by atoms with Gasteiger partial charge < -0.3 is 9.80 Å². The number of anilines is 1. The van der Waals surface area contributed by atoms with Crippen molar-refractivity contribution in [1.29, 1.82) is 0 Å². The Hall–Kier alpha value is -2.50. The van der Waals surface area contributed by atoms with E-state index in [-0.39, 0.29) is 11.3 Å². The van der Waals surface area contributed by atoms with Crippen LogP contribution in [0.5, 0.6) is 0 Å². The Bertz CT molecular complexity index is 804. The monoisotopic (exact) mass is 365 g/mol. The van der Waals surface area contributed by atoms with E-state index in [0.717, 1.165) is 49.7 Å². The molecule has 4 rings (SSSR count). The summed E-state index contributed by atoms with van der Waals surface area (Å²) in [7, 11) is 0. The van der Waals surface area contributed by atoms with Gasteiger partial charge in [-0.2, -0.15) is 0 Å². The number of carbonyl (C=O) groups excluding carboxylic acids is 1. The predicted octanol–water partition coefficient (Wildman–Crippen LogP) is 2.90. The molecule has 2 aromatic heterocycles. The third-order valence-electron chi connectivity index (χ3n) is 5.82. The number of hydrogen-bond acceptors (Lipinski definition) is 5. The zero-order valence-electron chi connectivity index (χ0n) is 16.2. The third-order valence-corrected chi connectivity index (χ3v) is 5.82. The average Bonchev–Trinajstić information content (AvgIpc) is 2.67. The van der Waals surface area contributed by atoms with Crippen LogP contribution >= 0.6 is 0 Å². The van der Waals surface area contributed by atoms with Crippen LogP contribution in [0.3, 0.4) is 0 Å². The molecule has 0 saturated carbocycles. The number of carbonyl (C=O) groups is 1. The van der Waals surface area contributed by atoms with Gasteiger partial charge in [-0.15, -0.1) is 0 Å². The molecule has 2 aliphatic rings. The van der Waals surface area contributed by atoms with E-state index in [0.29, 0.717) is 13.0 Å². The minimum atomic E-state index is 0.150. The van der Waals surface area contributed by atoms with E-state index in [2.05, 4.69) is 38.9 Å². The Kier molecular flexibility index (Phi) is 4.81. The van der Waals surface area contributed by atoms with Gasteiger partial charge in [-0.3, -0.25) is 14.8 Å². The molecule has 2 aliphatic heterocycles. The van der Waals surface area contributed by atoms with E-state index in [4.69, 9.17) is 0 Å². The van der Waals surface area contributed by atoms with Crippen molar-refractivity contribution < 1.29 is 4.79 Å². The number of pyridine rings is 1. The highest BCUT2D eigenvalue weighted by Gasteiger charge is 2.42. The molecule has 142 valence electrons. The Morgan fingerprint density at radius 2 is 1.93 bits per heavy atom. The van der Waals surface area contributed by atoms with Crippen molar-refractivity contribution in [2.24, 2.45) is 5.41 Å². The molecule has 1 amide bonds. The summed E-state index contributed by atoms with van der Waals surface area (Å²) < 4.78 is 0. The second kappa shape index (κ2) is 7.25. The lowest BCUT2D eigenvalue weighted by Crippen LogP contribution is -2.54. The van der Waals surface area contributed by atoms with E-state index in [9.17, 15) is 4.79 Å². The van der Waals surface area contributed by atoms with Crippen LogP contribution in [0.2, 0.25) is 0 Å². The van der Waals surface area contributed by atoms with Gasteiger partial charge in [-0.1, -0.05) is 6.07 Å². The summed E-state index contributed by atoms with van der Waals surface area (Å²) in [5.41, 5.74) is 3.09. The van der Waals surface area contributed by atoms with Gasteiger partial charge in [0.1, 0.15) is 5.82 Å². The summed E-state index contributed by atoms with van der Waals surface area (Å²) in [4.78, 5) is 30.3. The molecular weight excluding hydrogens is 338 g/mol. The number of likely N-dealkylation sites (tertiary alicyclic amines) is 1. The highest BCUT2D eigenvalue weighted by molar-refractivity contribution is 5.77. The number of hydrogen-bond donors (Lipinski definition) is 0. The minimum Gasteiger partial charge on any atom is -0.356 e. The normalized spacial score (nSPS) is 23.1. The van der Waals surface area contributed by atoms with Crippen LogP contribution in [0.25, 0.3) is 0 Å². The third kappa shape index (κ3) is 3.94. The van der Waals surface area contributed by atoms with Crippen LogP contribution in [-0.4, -0.2) is 45.4 Å². The van der Waals surface area contributed by atoms with E-state index < -0.39 is 0 Å². The molecule has 1 spiro atoms. The second-order valence-corrected chi connectivity index (χ2v) is 8.12. The van der Waals surface area contributed by atoms with Crippen molar-refractivity contribution in [3.8, 4) is 0 Å². The van der Waals surface area contributed by atoms with Crippen LogP contribution in [0.1, 0.15) is 42.6 Å². The van der Waals surface area contributed by atoms with Gasteiger partial charge in [0.2, 0.25) is 5.91 Å². The average molecular weight is 365 g/mol. The number of aromatic nitrogens is 3. The van der Waals surface area contributed by atoms with Crippen LogP contribution < -0.4 is 4.90 Å². The fourth-order valence-electron chi connectivity index (χ4n) is 4.33. The molecule has 2 saturated heterocycles. The molecule has 1 atom stereocenters. The van der Waals surface area contributed by atoms with Crippen molar-refractivity contribution in [1.82, 2.24) is 19.9 Å².